The molecule has 0 unspecified atom stereocenters. The van der Waals surface area contributed by atoms with E-state index in [1.165, 1.54) is 34.5 Å². The summed E-state index contributed by atoms with van der Waals surface area (Å²) in [6.45, 7) is 8.58. The van der Waals surface area contributed by atoms with Crippen molar-refractivity contribution in [3.63, 3.8) is 0 Å². The standard InChI is InChI=1S/C43H42ClFN8O7S/c1-25-21-35(58-23-27-13-14-46-40(49-27)29-7-5-6-8-30(29)56-4)53(50-25)22-33(43(54)55)60-41-37-36(39(32-11-12-34(45)59-32)61-42(37)48-24-47-41)28-9-10-31(38(44)26(28)2)57-20-19-52-17-15-51(3)16-18-52/h5-14,21,24,33H,15-20,22-23H2,1-4H3,(H,54,55)/t33-/m1/s1. The molecule has 1 atom stereocenters. The van der Waals surface area contributed by atoms with E-state index in [0.717, 1.165) is 38.3 Å². The van der Waals surface area contributed by atoms with Crippen molar-refractivity contribution < 1.29 is 37.7 Å². The molecule has 0 aliphatic carbocycles. The molecule has 0 bridgehead atoms. The summed E-state index contributed by atoms with van der Waals surface area (Å²) in [6, 6.07) is 16.5. The maximum Gasteiger partial charge on any atom is 0.346 e. The number of nitrogens with zero attached hydrogens (tertiary/aromatic N) is 8. The number of hydrogen-bond donors (Lipinski definition) is 1. The monoisotopic (exact) mass is 868 g/mol. The molecule has 1 saturated heterocycles. The van der Waals surface area contributed by atoms with E-state index < -0.39 is 18.1 Å². The summed E-state index contributed by atoms with van der Waals surface area (Å²) in [6.07, 6.45) is 1.43. The molecule has 1 aliphatic rings. The molecule has 15 nitrogen and oxygen atoms in total. The van der Waals surface area contributed by atoms with Gasteiger partial charge in [0, 0.05) is 56.6 Å². The fourth-order valence-electron chi connectivity index (χ4n) is 7.07. The van der Waals surface area contributed by atoms with E-state index in [2.05, 4.69) is 41.9 Å². The number of methoxy groups -OCH3 is 1. The molecule has 6 heterocycles. The number of carboxylic acid groups (broad SMARTS) is 1. The lowest BCUT2D eigenvalue weighted by molar-refractivity contribution is -0.146. The Kier molecular flexibility index (Phi) is 12.4. The van der Waals surface area contributed by atoms with Gasteiger partial charge in [0.25, 0.3) is 6.01 Å². The Labute approximate surface area is 359 Å². The Morgan fingerprint density at radius 3 is 2.59 bits per heavy atom. The van der Waals surface area contributed by atoms with Crippen molar-refractivity contribution in [2.75, 3.05) is 53.5 Å². The Hall–Kier alpha value is -6.14. The summed E-state index contributed by atoms with van der Waals surface area (Å²) >= 11 is 8.22. The van der Waals surface area contributed by atoms with Gasteiger partial charge in [0.1, 0.15) is 41.6 Å². The van der Waals surface area contributed by atoms with Gasteiger partial charge in [-0.05, 0) is 62.4 Å². The minimum absolute atomic E-state index is 0.0128. The van der Waals surface area contributed by atoms with Crippen LogP contribution in [0, 0.1) is 19.9 Å². The highest BCUT2D eigenvalue weighted by molar-refractivity contribution is 7.22. The average Bonchev–Trinajstić information content (AvgIpc) is 3.98. The first kappa shape index (κ1) is 41.6. The van der Waals surface area contributed by atoms with E-state index in [-0.39, 0.29) is 24.8 Å². The van der Waals surface area contributed by atoms with Crippen LogP contribution in [0.1, 0.15) is 17.0 Å². The first-order valence-corrected chi connectivity index (χ1v) is 20.6. The van der Waals surface area contributed by atoms with Gasteiger partial charge in [-0.2, -0.15) is 9.49 Å². The summed E-state index contributed by atoms with van der Waals surface area (Å²) in [5.41, 5.74) is 3.75. The van der Waals surface area contributed by atoms with Crippen LogP contribution in [0.4, 0.5) is 4.39 Å². The number of thiophene rings is 1. The van der Waals surface area contributed by atoms with Gasteiger partial charge in [-0.3, -0.25) is 4.90 Å². The molecule has 18 heteroatoms. The topological polar surface area (TPSA) is 163 Å². The van der Waals surface area contributed by atoms with Gasteiger partial charge in [0.15, 0.2) is 5.82 Å². The van der Waals surface area contributed by atoms with Gasteiger partial charge in [-0.25, -0.2) is 29.4 Å². The summed E-state index contributed by atoms with van der Waals surface area (Å²) in [7, 11) is 3.70. The fraction of sp³-hybridized carbons (Fsp3) is 0.302. The summed E-state index contributed by atoms with van der Waals surface area (Å²) in [5.74, 6) is 0.866. The van der Waals surface area contributed by atoms with Crippen molar-refractivity contribution in [2.24, 2.45) is 0 Å². The number of furan rings is 1. The number of aliphatic carboxylic acids is 1. The molecule has 316 valence electrons. The second-order valence-electron chi connectivity index (χ2n) is 14.4. The van der Waals surface area contributed by atoms with Gasteiger partial charge >= 0.3 is 5.97 Å². The lowest BCUT2D eigenvalue weighted by Crippen LogP contribution is -2.45. The molecular weight excluding hydrogens is 827 g/mol. The molecule has 0 spiro atoms. The van der Waals surface area contributed by atoms with Crippen LogP contribution in [-0.4, -0.2) is 110 Å². The van der Waals surface area contributed by atoms with Crippen molar-refractivity contribution in [2.45, 2.75) is 33.1 Å². The maximum absolute atomic E-state index is 14.4. The Balaban J connectivity index is 1.07. The third kappa shape index (κ3) is 9.14. The largest absolute Gasteiger partial charge is 0.496 e. The normalized spacial score (nSPS) is 14.0. The van der Waals surface area contributed by atoms with E-state index in [0.29, 0.717) is 78.0 Å². The number of carboxylic acids is 1. The van der Waals surface area contributed by atoms with Crippen LogP contribution in [0.15, 0.2) is 77.6 Å². The van der Waals surface area contributed by atoms with Crippen LogP contribution >= 0.6 is 22.9 Å². The molecule has 61 heavy (non-hydrogen) atoms. The van der Waals surface area contributed by atoms with Crippen molar-refractivity contribution >= 4 is 39.1 Å². The van der Waals surface area contributed by atoms with E-state index >= 15 is 0 Å². The number of benzene rings is 2. The highest BCUT2D eigenvalue weighted by Gasteiger charge is 2.29. The van der Waals surface area contributed by atoms with Crippen LogP contribution in [-0.2, 0) is 17.9 Å². The zero-order valence-corrected chi connectivity index (χ0v) is 35.4. The van der Waals surface area contributed by atoms with Crippen LogP contribution in [0.5, 0.6) is 23.3 Å². The molecule has 1 aliphatic heterocycles. The number of para-hydroxylation sites is 1. The number of hydrogen-bond acceptors (Lipinski definition) is 14. The molecule has 0 amide bonds. The van der Waals surface area contributed by atoms with Crippen LogP contribution < -0.4 is 18.9 Å². The molecule has 1 fully saturated rings. The summed E-state index contributed by atoms with van der Waals surface area (Å²) in [4.78, 5) is 36.6. The molecule has 0 saturated carbocycles. The van der Waals surface area contributed by atoms with E-state index in [1.807, 2.05) is 37.3 Å². The third-order valence-corrected chi connectivity index (χ3v) is 11.9. The average molecular weight is 869 g/mol. The van der Waals surface area contributed by atoms with Gasteiger partial charge in [0.2, 0.25) is 17.9 Å². The predicted molar refractivity (Wildman–Crippen MR) is 227 cm³/mol. The molecule has 1 N–H and O–H groups in total. The lowest BCUT2D eigenvalue weighted by atomic mass is 9.97. The lowest BCUT2D eigenvalue weighted by Gasteiger charge is -2.32. The SMILES string of the molecule is COc1ccccc1-c1nccc(COc2cc(C)nn2C[C@@H](Oc2ncnc3sc(-c4ccc(F)o4)c(-c4ccc(OCCN5CCN(C)CC5)c(Cl)c4C)c23)C(=O)O)n1. The van der Waals surface area contributed by atoms with Gasteiger partial charge in [-0.1, -0.05) is 29.8 Å². The second kappa shape index (κ2) is 18.2. The summed E-state index contributed by atoms with van der Waals surface area (Å²) in [5, 5.41) is 15.9. The summed E-state index contributed by atoms with van der Waals surface area (Å²) < 4.78 is 45.4. The van der Waals surface area contributed by atoms with Crippen molar-refractivity contribution in [1.29, 1.82) is 0 Å². The molecule has 2 aromatic carbocycles. The van der Waals surface area contributed by atoms with E-state index in [1.54, 1.807) is 38.4 Å². The molecule has 0 radical (unpaired) electrons. The van der Waals surface area contributed by atoms with Gasteiger partial charge in [-0.15, -0.1) is 11.3 Å². The molecule has 5 aromatic heterocycles. The number of aryl methyl sites for hydroxylation is 1. The number of piperazine rings is 1. The highest BCUT2D eigenvalue weighted by atomic mass is 35.5. The third-order valence-electron chi connectivity index (χ3n) is 10.3. The second-order valence-corrected chi connectivity index (χ2v) is 15.8. The van der Waals surface area contributed by atoms with Gasteiger partial charge < -0.3 is 33.4 Å². The predicted octanol–water partition coefficient (Wildman–Crippen LogP) is 7.43. The maximum atomic E-state index is 14.4. The smallest absolute Gasteiger partial charge is 0.346 e. The number of halogens is 2. The Morgan fingerprint density at radius 2 is 1.82 bits per heavy atom. The Bertz CT molecular complexity index is 2680. The number of fused-ring (bicyclic) bond motifs is 1. The first-order chi connectivity index (χ1) is 29.6. The van der Waals surface area contributed by atoms with Crippen molar-refractivity contribution in [3.8, 4) is 56.4 Å². The van der Waals surface area contributed by atoms with Gasteiger partial charge in [0.05, 0.1) is 45.9 Å². The number of rotatable bonds is 16. The van der Waals surface area contributed by atoms with E-state index in [4.69, 9.17) is 35.0 Å². The highest BCUT2D eigenvalue weighted by Crippen LogP contribution is 2.49. The number of ether oxygens (including phenoxy) is 4. The molecular formula is C43H42ClFN8O7S. The van der Waals surface area contributed by atoms with Crippen molar-refractivity contribution in [1.82, 2.24) is 39.5 Å². The molecule has 7 aromatic rings. The number of aromatic nitrogens is 6. The zero-order chi connectivity index (χ0) is 42.6. The molecule has 8 rings (SSSR count). The fourth-order valence-corrected chi connectivity index (χ4v) is 8.40. The van der Waals surface area contributed by atoms with Crippen LogP contribution in [0.2, 0.25) is 5.02 Å². The first-order valence-electron chi connectivity index (χ1n) is 19.4. The quantitative estimate of drug-likeness (QED) is 0.102. The minimum atomic E-state index is -1.49. The number of likely N-dealkylation sites (N-methyl/N-ethyl adjacent to an activating group) is 1. The Morgan fingerprint density at radius 1 is 1.00 bits per heavy atom. The van der Waals surface area contributed by atoms with E-state index in [9.17, 15) is 14.3 Å². The van der Waals surface area contributed by atoms with Crippen molar-refractivity contribution in [3.05, 3.63) is 101 Å². The number of carbonyl (C=O) groups is 1. The van der Waals surface area contributed by atoms with Crippen LogP contribution in [0.3, 0.4) is 0 Å². The van der Waals surface area contributed by atoms with Crippen LogP contribution in [0.25, 0.3) is 43.4 Å². The zero-order valence-electron chi connectivity index (χ0n) is 33.8. The minimum Gasteiger partial charge on any atom is -0.496 e.